The van der Waals surface area contributed by atoms with E-state index in [0.717, 1.165) is 12.8 Å². The smallest absolute Gasteiger partial charge is 0.124 e. The van der Waals surface area contributed by atoms with Crippen LogP contribution in [0.5, 0.6) is 0 Å². The van der Waals surface area contributed by atoms with E-state index >= 15 is 0 Å². The van der Waals surface area contributed by atoms with Crippen molar-refractivity contribution < 1.29 is 10.2 Å². The van der Waals surface area contributed by atoms with Crippen molar-refractivity contribution in [3.8, 4) is 0 Å². The maximum atomic E-state index is 10.6. The predicted molar refractivity (Wildman–Crippen MR) is 180 cm³/mol. The Morgan fingerprint density at radius 3 is 0.825 bits per heavy atom. The summed E-state index contributed by atoms with van der Waals surface area (Å²) < 4.78 is 0. The van der Waals surface area contributed by atoms with Gasteiger partial charge in [0.1, 0.15) is 5.60 Å². The summed E-state index contributed by atoms with van der Waals surface area (Å²) in [5.74, 6) is 0. The lowest BCUT2D eigenvalue weighted by Gasteiger charge is -2.17. The summed E-state index contributed by atoms with van der Waals surface area (Å²) in [5.41, 5.74) is -1.19. The number of rotatable bonds is 33. The first kappa shape index (κ1) is 39.4. The zero-order valence-electron chi connectivity index (χ0n) is 27.6. The highest BCUT2D eigenvalue weighted by Gasteiger charge is 2.17. The number of aliphatic hydroxyl groups is 2. The molecule has 2 nitrogen and oxygen atoms in total. The summed E-state index contributed by atoms with van der Waals surface area (Å²) in [4.78, 5) is 0. The SMILES string of the molecule is CCCCCCCCCCCCCCCC/C=C/C(O)(/C=C/CCCCCCCCCCCCCCCC)CO. The third kappa shape index (κ3) is 30.4. The minimum Gasteiger partial charge on any atom is -0.393 e. The van der Waals surface area contributed by atoms with Gasteiger partial charge >= 0.3 is 0 Å². The van der Waals surface area contributed by atoms with Crippen molar-refractivity contribution in [1.29, 1.82) is 0 Å². The predicted octanol–water partition coefficient (Wildman–Crippen LogP) is 12.6. The number of allylic oxidation sites excluding steroid dienone is 2. The number of hydrogen-bond donors (Lipinski definition) is 2. The fraction of sp³-hybridized carbons (Fsp3) is 0.895. The Morgan fingerprint density at radius 1 is 0.375 bits per heavy atom. The lowest BCUT2D eigenvalue weighted by molar-refractivity contribution is 0.0674. The molecule has 0 radical (unpaired) electrons. The molecule has 0 aliphatic carbocycles. The zero-order valence-corrected chi connectivity index (χ0v) is 27.6. The monoisotopic (exact) mass is 563 g/mol. The van der Waals surface area contributed by atoms with Gasteiger partial charge in [-0.15, -0.1) is 0 Å². The summed E-state index contributed by atoms with van der Waals surface area (Å²) in [6.45, 7) is 4.33. The van der Waals surface area contributed by atoms with Crippen molar-refractivity contribution >= 4 is 0 Å². The molecule has 0 fully saturated rings. The highest BCUT2D eigenvalue weighted by Crippen LogP contribution is 2.16. The van der Waals surface area contributed by atoms with Crippen molar-refractivity contribution in [2.24, 2.45) is 0 Å². The van der Waals surface area contributed by atoms with E-state index in [9.17, 15) is 10.2 Å². The fourth-order valence-electron chi connectivity index (χ4n) is 5.65. The molecule has 0 aliphatic rings. The molecule has 2 N–H and O–H groups in total. The van der Waals surface area contributed by atoms with E-state index in [1.165, 1.54) is 180 Å². The largest absolute Gasteiger partial charge is 0.393 e. The van der Waals surface area contributed by atoms with Crippen LogP contribution < -0.4 is 0 Å². The minimum atomic E-state index is -1.19. The van der Waals surface area contributed by atoms with Crippen molar-refractivity contribution in [3.05, 3.63) is 24.3 Å². The molecule has 0 spiro atoms. The van der Waals surface area contributed by atoms with Crippen LogP contribution in [0.1, 0.15) is 206 Å². The Balaban J connectivity index is 3.54. The summed E-state index contributed by atoms with van der Waals surface area (Å²) >= 11 is 0. The van der Waals surface area contributed by atoms with Gasteiger partial charge in [0.15, 0.2) is 0 Å². The summed E-state index contributed by atoms with van der Waals surface area (Å²) in [6.07, 6.45) is 48.3. The number of unbranched alkanes of at least 4 members (excludes halogenated alkanes) is 28. The molecule has 40 heavy (non-hydrogen) atoms. The van der Waals surface area contributed by atoms with Gasteiger partial charge in [0.2, 0.25) is 0 Å². The first-order valence-corrected chi connectivity index (χ1v) is 18.4. The molecule has 0 aromatic carbocycles. The topological polar surface area (TPSA) is 40.5 Å². The summed E-state index contributed by atoms with van der Waals surface area (Å²) in [5, 5.41) is 20.3. The van der Waals surface area contributed by atoms with Crippen LogP contribution in [0.15, 0.2) is 24.3 Å². The van der Waals surface area contributed by atoms with Crippen molar-refractivity contribution in [2.75, 3.05) is 6.61 Å². The number of hydrogen-bond acceptors (Lipinski definition) is 2. The first-order valence-electron chi connectivity index (χ1n) is 18.4. The molecule has 0 aromatic rings. The van der Waals surface area contributed by atoms with Crippen LogP contribution in [0.25, 0.3) is 0 Å². The Labute approximate surface area is 252 Å². The Kier molecular flexibility index (Phi) is 32.4. The molecule has 0 rings (SSSR count). The van der Waals surface area contributed by atoms with Crippen LogP contribution in [0.2, 0.25) is 0 Å². The third-order valence-electron chi connectivity index (χ3n) is 8.51. The quantitative estimate of drug-likeness (QED) is 0.0616. The Bertz CT molecular complexity index is 482. The molecule has 0 bridgehead atoms. The normalized spacial score (nSPS) is 12.4. The van der Waals surface area contributed by atoms with E-state index in [1.807, 2.05) is 0 Å². The lowest BCUT2D eigenvalue weighted by Crippen LogP contribution is -2.27. The lowest BCUT2D eigenvalue weighted by atomic mass is 10.0. The van der Waals surface area contributed by atoms with E-state index in [0.29, 0.717) is 0 Å². The first-order chi connectivity index (χ1) is 19.7. The van der Waals surface area contributed by atoms with Crippen molar-refractivity contribution in [2.45, 2.75) is 212 Å². The molecular formula is C38H74O2. The van der Waals surface area contributed by atoms with Gasteiger partial charge in [-0.3, -0.25) is 0 Å². The maximum Gasteiger partial charge on any atom is 0.124 e. The maximum absolute atomic E-state index is 10.6. The highest BCUT2D eigenvalue weighted by atomic mass is 16.3. The highest BCUT2D eigenvalue weighted by molar-refractivity contribution is 5.13. The molecule has 0 atom stereocenters. The Hall–Kier alpha value is -0.600. The van der Waals surface area contributed by atoms with Gasteiger partial charge in [0.05, 0.1) is 6.61 Å². The second-order valence-corrected chi connectivity index (χ2v) is 12.7. The van der Waals surface area contributed by atoms with Crippen LogP contribution in [0.4, 0.5) is 0 Å². The Morgan fingerprint density at radius 2 is 0.600 bits per heavy atom. The molecule has 238 valence electrons. The van der Waals surface area contributed by atoms with Gasteiger partial charge in [-0.25, -0.2) is 0 Å². The van der Waals surface area contributed by atoms with Gasteiger partial charge in [-0.1, -0.05) is 205 Å². The fourth-order valence-corrected chi connectivity index (χ4v) is 5.65. The molecular weight excluding hydrogens is 488 g/mol. The molecule has 0 saturated carbocycles. The van der Waals surface area contributed by atoms with E-state index in [2.05, 4.69) is 26.0 Å². The van der Waals surface area contributed by atoms with Gasteiger partial charge in [-0.05, 0) is 25.7 Å². The average molecular weight is 563 g/mol. The summed E-state index contributed by atoms with van der Waals surface area (Å²) in [7, 11) is 0. The number of aliphatic hydroxyl groups excluding tert-OH is 1. The average Bonchev–Trinajstić information content (AvgIpc) is 2.96. The van der Waals surface area contributed by atoms with Crippen LogP contribution in [-0.4, -0.2) is 22.4 Å². The molecule has 0 amide bonds. The molecule has 0 aromatic heterocycles. The molecule has 0 aliphatic heterocycles. The van der Waals surface area contributed by atoms with Crippen molar-refractivity contribution in [1.82, 2.24) is 0 Å². The summed E-state index contributed by atoms with van der Waals surface area (Å²) in [6, 6.07) is 0. The third-order valence-corrected chi connectivity index (χ3v) is 8.51. The van der Waals surface area contributed by atoms with Gasteiger partial charge in [-0.2, -0.15) is 0 Å². The van der Waals surface area contributed by atoms with Crippen LogP contribution in [-0.2, 0) is 0 Å². The van der Waals surface area contributed by atoms with Gasteiger partial charge in [0, 0.05) is 0 Å². The molecule has 0 heterocycles. The van der Waals surface area contributed by atoms with E-state index in [4.69, 9.17) is 0 Å². The second kappa shape index (κ2) is 32.9. The second-order valence-electron chi connectivity index (χ2n) is 12.7. The van der Waals surface area contributed by atoms with E-state index in [-0.39, 0.29) is 6.61 Å². The standard InChI is InChI=1S/C38H74O2/c1-3-5-7-9-11-13-15-17-19-21-23-25-27-29-31-33-35-38(40,37-39)36-34-32-30-28-26-24-22-20-18-16-14-12-10-8-6-4-2/h33-36,39-40H,3-32,37H2,1-2H3/b35-33+,36-34+. The van der Waals surface area contributed by atoms with Gasteiger partial charge in [0.25, 0.3) is 0 Å². The van der Waals surface area contributed by atoms with Crippen LogP contribution >= 0.6 is 0 Å². The minimum absolute atomic E-state index is 0.239. The molecule has 0 unspecified atom stereocenters. The zero-order chi connectivity index (χ0) is 29.2. The van der Waals surface area contributed by atoms with Gasteiger partial charge < -0.3 is 10.2 Å². The molecule has 2 heteroatoms. The van der Waals surface area contributed by atoms with E-state index < -0.39 is 5.60 Å². The van der Waals surface area contributed by atoms with E-state index in [1.54, 1.807) is 12.2 Å². The molecule has 0 saturated heterocycles. The van der Waals surface area contributed by atoms with Crippen molar-refractivity contribution in [3.63, 3.8) is 0 Å². The van der Waals surface area contributed by atoms with Crippen LogP contribution in [0.3, 0.4) is 0 Å². The van der Waals surface area contributed by atoms with Crippen LogP contribution in [0, 0.1) is 0 Å².